The van der Waals surface area contributed by atoms with Crippen LogP contribution >= 0.6 is 0 Å². The van der Waals surface area contributed by atoms with Gasteiger partial charge in [-0.25, -0.2) is 0 Å². The quantitative estimate of drug-likeness (QED) is 0.884. The fourth-order valence-corrected chi connectivity index (χ4v) is 2.40. The first-order chi connectivity index (χ1) is 10.2. The third-order valence-corrected chi connectivity index (χ3v) is 3.70. The summed E-state index contributed by atoms with van der Waals surface area (Å²) in [4.78, 5) is 0. The monoisotopic (exact) mass is 285 g/mol. The minimum Gasteiger partial charge on any atom is -0.497 e. The van der Waals surface area contributed by atoms with Crippen molar-refractivity contribution in [2.75, 3.05) is 13.7 Å². The number of hydrogen-bond donors (Lipinski definition) is 1. The summed E-state index contributed by atoms with van der Waals surface area (Å²) < 4.78 is 11.3. The second-order valence-electron chi connectivity index (χ2n) is 5.17. The molecule has 0 bridgehead atoms. The highest BCUT2D eigenvalue weighted by Gasteiger charge is 2.08. The van der Waals surface area contributed by atoms with Crippen LogP contribution in [0, 0.1) is 13.8 Å². The third-order valence-electron chi connectivity index (χ3n) is 3.70. The normalized spacial score (nSPS) is 10.5. The van der Waals surface area contributed by atoms with Crippen LogP contribution in [0.4, 0.5) is 0 Å². The molecule has 0 aliphatic heterocycles. The maximum atomic E-state index is 6.03. The Morgan fingerprint density at radius 3 is 2.38 bits per heavy atom. The Kier molecular flexibility index (Phi) is 5.23. The lowest BCUT2D eigenvalue weighted by molar-refractivity contribution is 0.300. The Morgan fingerprint density at radius 1 is 1.05 bits per heavy atom. The Labute approximate surface area is 126 Å². The number of ether oxygens (including phenoxy) is 2. The standard InChI is InChI=1S/C18H23NO2/c1-13-5-4-6-14(2)17(13)12-21-18-8-7-16(20-3)11-15(18)9-10-19/h4-8,11H,9-10,12,19H2,1-3H3. The van der Waals surface area contributed by atoms with Gasteiger partial charge in [0.1, 0.15) is 18.1 Å². The average molecular weight is 285 g/mol. The Hall–Kier alpha value is -2.00. The number of nitrogens with two attached hydrogens (primary N) is 1. The first kappa shape index (κ1) is 15.4. The van der Waals surface area contributed by atoms with E-state index in [4.69, 9.17) is 15.2 Å². The second-order valence-corrected chi connectivity index (χ2v) is 5.17. The van der Waals surface area contributed by atoms with Crippen LogP contribution in [0.5, 0.6) is 11.5 Å². The minimum atomic E-state index is 0.572. The lowest BCUT2D eigenvalue weighted by Gasteiger charge is -2.15. The molecule has 0 saturated carbocycles. The lowest BCUT2D eigenvalue weighted by Crippen LogP contribution is -2.07. The average Bonchev–Trinajstić information content (AvgIpc) is 2.48. The Morgan fingerprint density at radius 2 is 1.76 bits per heavy atom. The van der Waals surface area contributed by atoms with Gasteiger partial charge in [0, 0.05) is 0 Å². The third kappa shape index (κ3) is 3.76. The molecule has 0 atom stereocenters. The van der Waals surface area contributed by atoms with Crippen LogP contribution in [0.3, 0.4) is 0 Å². The smallest absolute Gasteiger partial charge is 0.123 e. The number of rotatable bonds is 6. The summed E-state index contributed by atoms with van der Waals surface area (Å²) in [6.45, 7) is 5.39. The van der Waals surface area contributed by atoms with Crippen molar-refractivity contribution >= 4 is 0 Å². The van der Waals surface area contributed by atoms with Crippen molar-refractivity contribution in [3.05, 3.63) is 58.7 Å². The van der Waals surface area contributed by atoms with Crippen molar-refractivity contribution < 1.29 is 9.47 Å². The van der Waals surface area contributed by atoms with E-state index in [1.807, 2.05) is 18.2 Å². The summed E-state index contributed by atoms with van der Waals surface area (Å²) in [5.41, 5.74) is 10.5. The Bertz CT molecular complexity index is 588. The molecule has 2 rings (SSSR count). The maximum absolute atomic E-state index is 6.03. The van der Waals surface area contributed by atoms with Crippen LogP contribution < -0.4 is 15.2 Å². The van der Waals surface area contributed by atoms with Crippen LogP contribution in [0.15, 0.2) is 36.4 Å². The molecule has 112 valence electrons. The van der Waals surface area contributed by atoms with Crippen LogP contribution in [0.2, 0.25) is 0 Å². The molecule has 2 N–H and O–H groups in total. The Balaban J connectivity index is 2.19. The minimum absolute atomic E-state index is 0.572. The molecule has 2 aromatic rings. The molecule has 0 heterocycles. The molecule has 0 aliphatic carbocycles. The largest absolute Gasteiger partial charge is 0.497 e. The van der Waals surface area contributed by atoms with E-state index >= 15 is 0 Å². The summed E-state index contributed by atoms with van der Waals surface area (Å²) in [6, 6.07) is 12.2. The predicted octanol–water partition coefficient (Wildman–Crippen LogP) is 3.39. The van der Waals surface area contributed by atoms with Gasteiger partial charge >= 0.3 is 0 Å². The van der Waals surface area contributed by atoms with Gasteiger partial charge in [-0.2, -0.15) is 0 Å². The van der Waals surface area contributed by atoms with Gasteiger partial charge in [-0.3, -0.25) is 0 Å². The molecule has 21 heavy (non-hydrogen) atoms. The van der Waals surface area contributed by atoms with E-state index in [-0.39, 0.29) is 0 Å². The molecule has 0 spiro atoms. The van der Waals surface area contributed by atoms with Gasteiger partial charge in [-0.1, -0.05) is 18.2 Å². The molecule has 3 heteroatoms. The molecule has 0 amide bonds. The maximum Gasteiger partial charge on any atom is 0.123 e. The fourth-order valence-electron chi connectivity index (χ4n) is 2.40. The SMILES string of the molecule is COc1ccc(OCc2c(C)cccc2C)c(CCN)c1. The van der Waals surface area contributed by atoms with Gasteiger partial charge in [-0.05, 0) is 67.3 Å². The highest BCUT2D eigenvalue weighted by molar-refractivity contribution is 5.41. The van der Waals surface area contributed by atoms with Crippen molar-refractivity contribution in [2.45, 2.75) is 26.9 Å². The second kappa shape index (κ2) is 7.14. The molecular formula is C18H23NO2. The summed E-state index contributed by atoms with van der Waals surface area (Å²) in [7, 11) is 1.67. The van der Waals surface area contributed by atoms with Gasteiger partial charge in [-0.15, -0.1) is 0 Å². The van der Waals surface area contributed by atoms with E-state index in [2.05, 4.69) is 32.0 Å². The molecule has 0 fully saturated rings. The zero-order valence-corrected chi connectivity index (χ0v) is 13.0. The highest BCUT2D eigenvalue weighted by atomic mass is 16.5. The van der Waals surface area contributed by atoms with Crippen molar-refractivity contribution in [1.29, 1.82) is 0 Å². The molecule has 0 radical (unpaired) electrons. The molecule has 0 aromatic heterocycles. The predicted molar refractivity (Wildman–Crippen MR) is 86.0 cm³/mol. The van der Waals surface area contributed by atoms with E-state index in [1.54, 1.807) is 7.11 Å². The van der Waals surface area contributed by atoms with Crippen molar-refractivity contribution in [2.24, 2.45) is 5.73 Å². The van der Waals surface area contributed by atoms with Crippen LogP contribution in [-0.4, -0.2) is 13.7 Å². The summed E-state index contributed by atoms with van der Waals surface area (Å²) in [6.07, 6.45) is 0.777. The molecule has 2 aromatic carbocycles. The molecular weight excluding hydrogens is 262 g/mol. The number of aryl methyl sites for hydroxylation is 2. The van der Waals surface area contributed by atoms with Crippen LogP contribution in [-0.2, 0) is 13.0 Å². The topological polar surface area (TPSA) is 44.5 Å². The van der Waals surface area contributed by atoms with Crippen molar-refractivity contribution in [3.8, 4) is 11.5 Å². The summed E-state index contributed by atoms with van der Waals surface area (Å²) in [5.74, 6) is 1.71. The number of hydrogen-bond acceptors (Lipinski definition) is 3. The fraction of sp³-hybridized carbons (Fsp3) is 0.333. The van der Waals surface area contributed by atoms with E-state index in [0.29, 0.717) is 13.2 Å². The number of methoxy groups -OCH3 is 1. The molecule has 0 aliphatic rings. The van der Waals surface area contributed by atoms with E-state index in [0.717, 1.165) is 23.5 Å². The molecule has 3 nitrogen and oxygen atoms in total. The van der Waals surface area contributed by atoms with E-state index in [1.165, 1.54) is 16.7 Å². The highest BCUT2D eigenvalue weighted by Crippen LogP contribution is 2.26. The van der Waals surface area contributed by atoms with Gasteiger partial charge in [0.05, 0.1) is 7.11 Å². The number of benzene rings is 2. The molecule has 0 unspecified atom stereocenters. The van der Waals surface area contributed by atoms with Crippen molar-refractivity contribution in [3.63, 3.8) is 0 Å². The lowest BCUT2D eigenvalue weighted by atomic mass is 10.0. The zero-order chi connectivity index (χ0) is 15.2. The van der Waals surface area contributed by atoms with Gasteiger partial charge in [0.2, 0.25) is 0 Å². The van der Waals surface area contributed by atoms with Crippen LogP contribution in [0.1, 0.15) is 22.3 Å². The van der Waals surface area contributed by atoms with Crippen LogP contribution in [0.25, 0.3) is 0 Å². The molecule has 0 saturated heterocycles. The van der Waals surface area contributed by atoms with E-state index in [9.17, 15) is 0 Å². The zero-order valence-electron chi connectivity index (χ0n) is 13.0. The first-order valence-corrected chi connectivity index (χ1v) is 7.20. The first-order valence-electron chi connectivity index (χ1n) is 7.20. The van der Waals surface area contributed by atoms with Gasteiger partial charge < -0.3 is 15.2 Å². The van der Waals surface area contributed by atoms with Crippen molar-refractivity contribution in [1.82, 2.24) is 0 Å². The van der Waals surface area contributed by atoms with E-state index < -0.39 is 0 Å². The van der Waals surface area contributed by atoms with Gasteiger partial charge in [0.25, 0.3) is 0 Å². The summed E-state index contributed by atoms with van der Waals surface area (Å²) in [5, 5.41) is 0. The summed E-state index contributed by atoms with van der Waals surface area (Å²) >= 11 is 0. The van der Waals surface area contributed by atoms with Gasteiger partial charge in [0.15, 0.2) is 0 Å².